The highest BCUT2D eigenvalue weighted by Crippen LogP contribution is 2.48. The summed E-state index contributed by atoms with van der Waals surface area (Å²) < 4.78 is 0. The molecule has 5 heteroatoms. The predicted molar refractivity (Wildman–Crippen MR) is 73.6 cm³/mol. The number of amides is 2. The number of hydrogen-bond acceptors (Lipinski definition) is 3. The number of imidazole rings is 1. The van der Waals surface area contributed by atoms with Gasteiger partial charge in [0.25, 0.3) is 0 Å². The van der Waals surface area contributed by atoms with E-state index in [2.05, 4.69) is 9.97 Å². The molecule has 1 aliphatic heterocycles. The lowest BCUT2D eigenvalue weighted by molar-refractivity contribution is -0.157. The molecule has 0 bridgehead atoms. The van der Waals surface area contributed by atoms with E-state index < -0.39 is 0 Å². The molecule has 5 nitrogen and oxygen atoms in total. The van der Waals surface area contributed by atoms with Crippen molar-refractivity contribution in [2.45, 2.75) is 57.9 Å². The quantitative estimate of drug-likeness (QED) is 0.862. The summed E-state index contributed by atoms with van der Waals surface area (Å²) in [6.45, 7) is 1.98. The van der Waals surface area contributed by atoms with E-state index in [1.807, 2.05) is 6.92 Å². The van der Waals surface area contributed by atoms with Gasteiger partial charge in [-0.15, -0.1) is 0 Å². The third kappa shape index (κ3) is 2.15. The second-order valence-corrected chi connectivity index (χ2v) is 6.12. The van der Waals surface area contributed by atoms with Crippen LogP contribution in [-0.4, -0.2) is 26.7 Å². The summed E-state index contributed by atoms with van der Waals surface area (Å²) in [5, 5.41) is 0. The van der Waals surface area contributed by atoms with Crippen LogP contribution in [0.3, 0.4) is 0 Å². The molecule has 2 fully saturated rings. The summed E-state index contributed by atoms with van der Waals surface area (Å²) >= 11 is 0. The van der Waals surface area contributed by atoms with Gasteiger partial charge >= 0.3 is 0 Å². The lowest BCUT2D eigenvalue weighted by atomic mass is 9.76. The van der Waals surface area contributed by atoms with Crippen LogP contribution in [0, 0.1) is 5.41 Å². The topological polar surface area (TPSA) is 66.1 Å². The maximum atomic E-state index is 12.5. The van der Waals surface area contributed by atoms with Crippen LogP contribution in [0.25, 0.3) is 0 Å². The normalized spacial score (nSPS) is 23.6. The van der Waals surface area contributed by atoms with Crippen molar-refractivity contribution >= 4 is 11.8 Å². The molecule has 1 aliphatic carbocycles. The van der Waals surface area contributed by atoms with Crippen LogP contribution in [-0.2, 0) is 9.59 Å². The van der Waals surface area contributed by atoms with Crippen LogP contribution >= 0.6 is 0 Å². The van der Waals surface area contributed by atoms with Gasteiger partial charge < -0.3 is 4.98 Å². The molecule has 20 heavy (non-hydrogen) atoms. The Labute approximate surface area is 118 Å². The standard InChI is InChI=1S/C15H21N3O2/c1-2-11(14-16-7-8-17-14)18-12(19)9-15(10-13(18)20)5-3-4-6-15/h7-8,11H,2-6,9-10H2,1H3,(H,16,17). The molecular weight excluding hydrogens is 254 g/mol. The average molecular weight is 275 g/mol. The Morgan fingerprint density at radius 3 is 2.45 bits per heavy atom. The first-order valence-electron chi connectivity index (χ1n) is 7.49. The molecular formula is C15H21N3O2. The predicted octanol–water partition coefficient (Wildman–Crippen LogP) is 2.57. The van der Waals surface area contributed by atoms with Crippen molar-refractivity contribution in [2.24, 2.45) is 5.41 Å². The maximum Gasteiger partial charge on any atom is 0.230 e. The summed E-state index contributed by atoms with van der Waals surface area (Å²) in [5.41, 5.74) is -0.0356. The molecule has 2 aliphatic rings. The molecule has 0 radical (unpaired) electrons. The number of aromatic amines is 1. The maximum absolute atomic E-state index is 12.5. The SMILES string of the molecule is CCC(c1ncc[nH]1)N1C(=O)CC2(CCCC2)CC1=O. The Bertz CT molecular complexity index is 483. The van der Waals surface area contributed by atoms with Crippen molar-refractivity contribution in [2.75, 3.05) is 0 Å². The molecule has 2 amide bonds. The molecule has 1 aromatic rings. The second-order valence-electron chi connectivity index (χ2n) is 6.12. The molecule has 0 aromatic carbocycles. The van der Waals surface area contributed by atoms with Crippen molar-refractivity contribution in [3.8, 4) is 0 Å². The van der Waals surface area contributed by atoms with E-state index in [1.165, 1.54) is 4.90 Å². The Hall–Kier alpha value is -1.65. The van der Waals surface area contributed by atoms with Gasteiger partial charge in [0.05, 0.1) is 6.04 Å². The largest absolute Gasteiger partial charge is 0.347 e. The number of carbonyl (C=O) groups is 2. The third-order valence-electron chi connectivity index (χ3n) is 4.79. The van der Waals surface area contributed by atoms with Crippen LogP contribution in [0.4, 0.5) is 0 Å². The Kier molecular flexibility index (Phi) is 3.36. The third-order valence-corrected chi connectivity index (χ3v) is 4.79. The number of carbonyl (C=O) groups excluding carboxylic acids is 2. The second kappa shape index (κ2) is 5.04. The average Bonchev–Trinajstić information content (AvgIpc) is 3.05. The van der Waals surface area contributed by atoms with E-state index in [-0.39, 0.29) is 23.3 Å². The Balaban J connectivity index is 1.84. The van der Waals surface area contributed by atoms with Gasteiger partial charge in [-0.1, -0.05) is 19.8 Å². The zero-order valence-electron chi connectivity index (χ0n) is 11.9. The molecule has 1 saturated carbocycles. The highest BCUT2D eigenvalue weighted by atomic mass is 16.2. The zero-order chi connectivity index (χ0) is 14.2. The van der Waals surface area contributed by atoms with Crippen molar-refractivity contribution < 1.29 is 9.59 Å². The first kappa shape index (κ1) is 13.3. The molecule has 1 N–H and O–H groups in total. The molecule has 1 saturated heterocycles. The van der Waals surface area contributed by atoms with Crippen molar-refractivity contribution in [1.82, 2.24) is 14.9 Å². The van der Waals surface area contributed by atoms with E-state index >= 15 is 0 Å². The van der Waals surface area contributed by atoms with Gasteiger partial charge in [0.2, 0.25) is 11.8 Å². The van der Waals surface area contributed by atoms with Crippen LogP contribution in [0.2, 0.25) is 0 Å². The number of piperidine rings is 1. The number of rotatable bonds is 3. The van der Waals surface area contributed by atoms with E-state index in [4.69, 9.17) is 0 Å². The van der Waals surface area contributed by atoms with Crippen LogP contribution in [0.5, 0.6) is 0 Å². The van der Waals surface area contributed by atoms with Crippen molar-refractivity contribution in [3.63, 3.8) is 0 Å². The molecule has 1 unspecified atom stereocenters. The Morgan fingerprint density at radius 1 is 1.30 bits per heavy atom. The Morgan fingerprint density at radius 2 is 1.95 bits per heavy atom. The highest BCUT2D eigenvalue weighted by Gasteiger charge is 2.47. The summed E-state index contributed by atoms with van der Waals surface area (Å²) in [5.74, 6) is 0.661. The minimum Gasteiger partial charge on any atom is -0.347 e. The van der Waals surface area contributed by atoms with E-state index in [1.54, 1.807) is 12.4 Å². The van der Waals surface area contributed by atoms with Crippen molar-refractivity contribution in [3.05, 3.63) is 18.2 Å². The van der Waals surface area contributed by atoms with Gasteiger partial charge in [-0.3, -0.25) is 14.5 Å². The smallest absolute Gasteiger partial charge is 0.230 e. The minimum absolute atomic E-state index is 0.0219. The van der Waals surface area contributed by atoms with Gasteiger partial charge in [0.1, 0.15) is 5.82 Å². The lowest BCUT2D eigenvalue weighted by Gasteiger charge is -2.40. The summed E-state index contributed by atoms with van der Waals surface area (Å²) in [4.78, 5) is 33.7. The summed E-state index contributed by atoms with van der Waals surface area (Å²) in [6, 6.07) is -0.247. The molecule has 1 spiro atoms. The number of likely N-dealkylation sites (tertiary alicyclic amines) is 1. The van der Waals surface area contributed by atoms with E-state index in [0.29, 0.717) is 25.1 Å². The molecule has 2 heterocycles. The first-order valence-corrected chi connectivity index (χ1v) is 7.49. The zero-order valence-corrected chi connectivity index (χ0v) is 11.9. The minimum atomic E-state index is -0.247. The fraction of sp³-hybridized carbons (Fsp3) is 0.667. The number of imide groups is 1. The number of nitrogens with one attached hydrogen (secondary N) is 1. The van der Waals surface area contributed by atoms with Crippen LogP contribution in [0.1, 0.15) is 63.7 Å². The van der Waals surface area contributed by atoms with Gasteiger partial charge in [-0.2, -0.15) is 0 Å². The van der Waals surface area contributed by atoms with Crippen LogP contribution in [0.15, 0.2) is 12.4 Å². The molecule has 3 rings (SSSR count). The highest BCUT2D eigenvalue weighted by molar-refractivity contribution is 5.99. The lowest BCUT2D eigenvalue weighted by Crippen LogP contribution is -2.48. The fourth-order valence-corrected chi connectivity index (χ4v) is 3.80. The van der Waals surface area contributed by atoms with E-state index in [0.717, 1.165) is 25.7 Å². The van der Waals surface area contributed by atoms with Gasteiger partial charge in [0.15, 0.2) is 0 Å². The van der Waals surface area contributed by atoms with Gasteiger partial charge in [0, 0.05) is 25.2 Å². The van der Waals surface area contributed by atoms with Crippen molar-refractivity contribution in [1.29, 1.82) is 0 Å². The fourth-order valence-electron chi connectivity index (χ4n) is 3.80. The van der Waals surface area contributed by atoms with Crippen LogP contribution < -0.4 is 0 Å². The van der Waals surface area contributed by atoms with E-state index in [9.17, 15) is 9.59 Å². The van der Waals surface area contributed by atoms with Gasteiger partial charge in [-0.25, -0.2) is 4.98 Å². The molecule has 1 atom stereocenters. The first-order chi connectivity index (χ1) is 9.65. The summed E-state index contributed by atoms with van der Waals surface area (Å²) in [7, 11) is 0. The monoisotopic (exact) mass is 275 g/mol. The molecule has 108 valence electrons. The number of aromatic nitrogens is 2. The molecule has 1 aromatic heterocycles. The number of hydrogen-bond donors (Lipinski definition) is 1. The summed E-state index contributed by atoms with van der Waals surface area (Å²) in [6.07, 6.45) is 9.48. The number of nitrogens with zero attached hydrogens (tertiary/aromatic N) is 2. The van der Waals surface area contributed by atoms with Gasteiger partial charge in [-0.05, 0) is 24.7 Å². The number of H-pyrrole nitrogens is 1.